The molecular formula is C18H26N6. The van der Waals surface area contributed by atoms with Gasteiger partial charge < -0.3 is 15.5 Å². The van der Waals surface area contributed by atoms with Crippen molar-refractivity contribution in [3.63, 3.8) is 0 Å². The summed E-state index contributed by atoms with van der Waals surface area (Å²) in [4.78, 5) is 9.13. The second-order valence-electron chi connectivity index (χ2n) is 6.48. The fourth-order valence-electron chi connectivity index (χ4n) is 2.93. The molecule has 1 aromatic heterocycles. The van der Waals surface area contributed by atoms with Crippen LogP contribution in [0.25, 0.3) is 11.3 Å². The summed E-state index contributed by atoms with van der Waals surface area (Å²) in [5.41, 5.74) is 9.34. The molecule has 1 atom stereocenters. The molecule has 1 fully saturated rings. The summed E-state index contributed by atoms with van der Waals surface area (Å²) in [5, 5.41) is 7.51. The van der Waals surface area contributed by atoms with Crippen LogP contribution in [0.1, 0.15) is 12.6 Å². The van der Waals surface area contributed by atoms with Crippen LogP contribution in [0, 0.1) is 0 Å². The molecule has 0 radical (unpaired) electrons. The van der Waals surface area contributed by atoms with Gasteiger partial charge in [-0.25, -0.2) is 4.99 Å². The number of hydrogen-bond donors (Lipinski definition) is 2. The van der Waals surface area contributed by atoms with Crippen LogP contribution in [0.2, 0.25) is 0 Å². The van der Waals surface area contributed by atoms with E-state index in [-0.39, 0.29) is 6.04 Å². The van der Waals surface area contributed by atoms with Crippen molar-refractivity contribution in [2.24, 2.45) is 10.7 Å². The van der Waals surface area contributed by atoms with Crippen LogP contribution in [0.5, 0.6) is 0 Å². The maximum absolute atomic E-state index is 6.18. The maximum atomic E-state index is 6.18. The van der Waals surface area contributed by atoms with E-state index in [0.717, 1.165) is 49.6 Å². The van der Waals surface area contributed by atoms with Crippen LogP contribution >= 0.6 is 0 Å². The van der Waals surface area contributed by atoms with Gasteiger partial charge in [-0.05, 0) is 20.0 Å². The van der Waals surface area contributed by atoms with E-state index >= 15 is 0 Å². The van der Waals surface area contributed by atoms with Crippen LogP contribution in [-0.4, -0.2) is 65.2 Å². The molecule has 2 aromatic rings. The molecule has 6 heteroatoms. The predicted octanol–water partition coefficient (Wildman–Crippen LogP) is 1.57. The van der Waals surface area contributed by atoms with Gasteiger partial charge in [-0.2, -0.15) is 5.10 Å². The summed E-state index contributed by atoms with van der Waals surface area (Å²) in [7, 11) is 2.13. The van der Waals surface area contributed by atoms with Gasteiger partial charge in [0.15, 0.2) is 5.96 Å². The van der Waals surface area contributed by atoms with Gasteiger partial charge in [0.05, 0.1) is 11.7 Å². The lowest BCUT2D eigenvalue weighted by atomic mass is 10.1. The van der Waals surface area contributed by atoms with Gasteiger partial charge >= 0.3 is 0 Å². The highest BCUT2D eigenvalue weighted by atomic mass is 15.3. The third-order valence-corrected chi connectivity index (χ3v) is 4.40. The van der Waals surface area contributed by atoms with Gasteiger partial charge in [-0.15, -0.1) is 0 Å². The fourth-order valence-corrected chi connectivity index (χ4v) is 2.93. The largest absolute Gasteiger partial charge is 0.370 e. The van der Waals surface area contributed by atoms with Gasteiger partial charge in [0.2, 0.25) is 0 Å². The number of H-pyrrole nitrogens is 1. The number of aliphatic imine (C=N–C) groups is 1. The molecule has 3 N–H and O–H groups in total. The minimum Gasteiger partial charge on any atom is -0.370 e. The number of guanidine groups is 1. The van der Waals surface area contributed by atoms with E-state index in [1.165, 1.54) is 0 Å². The number of nitrogens with two attached hydrogens (primary N) is 1. The third kappa shape index (κ3) is 4.14. The standard InChI is InChI=1S/C18H26N6/c1-14(20-18(19)24-10-8-23(2)9-11-24)12-16-13-17(22-21-16)15-6-4-3-5-7-15/h3-7,13-14H,8-12H2,1-2H3,(H2,19,20)(H,21,22). The average Bonchev–Trinajstić information content (AvgIpc) is 3.04. The summed E-state index contributed by atoms with van der Waals surface area (Å²) in [5.74, 6) is 0.651. The van der Waals surface area contributed by atoms with E-state index < -0.39 is 0 Å². The first-order valence-corrected chi connectivity index (χ1v) is 8.48. The molecule has 0 spiro atoms. The second kappa shape index (κ2) is 7.49. The molecule has 6 nitrogen and oxygen atoms in total. The average molecular weight is 326 g/mol. The normalized spacial score (nSPS) is 17.9. The summed E-state index contributed by atoms with van der Waals surface area (Å²) < 4.78 is 0. The molecule has 1 aromatic carbocycles. The molecule has 3 rings (SSSR count). The van der Waals surface area contributed by atoms with Crippen LogP contribution in [0.3, 0.4) is 0 Å². The first-order valence-electron chi connectivity index (χ1n) is 8.48. The first-order chi connectivity index (χ1) is 11.6. The second-order valence-corrected chi connectivity index (χ2v) is 6.48. The van der Waals surface area contributed by atoms with Crippen molar-refractivity contribution in [3.05, 3.63) is 42.1 Å². The summed E-state index contributed by atoms with van der Waals surface area (Å²) >= 11 is 0. The zero-order valence-corrected chi connectivity index (χ0v) is 14.4. The fraction of sp³-hybridized carbons (Fsp3) is 0.444. The summed E-state index contributed by atoms with van der Waals surface area (Å²) in [6.45, 7) is 6.05. The lowest BCUT2D eigenvalue weighted by molar-refractivity contribution is 0.213. The van der Waals surface area contributed by atoms with E-state index in [2.05, 4.69) is 57.2 Å². The van der Waals surface area contributed by atoms with Gasteiger partial charge in [0.25, 0.3) is 0 Å². The van der Waals surface area contributed by atoms with Crippen LogP contribution in [0.4, 0.5) is 0 Å². The Bertz CT molecular complexity index is 670. The van der Waals surface area contributed by atoms with E-state index in [0.29, 0.717) is 5.96 Å². The van der Waals surface area contributed by atoms with Gasteiger partial charge in [0.1, 0.15) is 0 Å². The monoisotopic (exact) mass is 326 g/mol. The maximum Gasteiger partial charge on any atom is 0.191 e. The summed E-state index contributed by atoms with van der Waals surface area (Å²) in [6, 6.07) is 12.4. The lowest BCUT2D eigenvalue weighted by Gasteiger charge is -2.33. The summed E-state index contributed by atoms with van der Waals surface area (Å²) in [6.07, 6.45) is 0.800. The number of aromatic amines is 1. The predicted molar refractivity (Wildman–Crippen MR) is 97.9 cm³/mol. The van der Waals surface area contributed by atoms with E-state index in [1.807, 2.05) is 18.2 Å². The van der Waals surface area contributed by atoms with Crippen molar-refractivity contribution < 1.29 is 0 Å². The number of nitrogens with zero attached hydrogens (tertiary/aromatic N) is 4. The number of piperazine rings is 1. The number of aromatic nitrogens is 2. The van der Waals surface area contributed by atoms with Gasteiger partial charge in [-0.1, -0.05) is 30.3 Å². The number of benzene rings is 1. The van der Waals surface area contributed by atoms with Crippen molar-refractivity contribution in [2.75, 3.05) is 33.2 Å². The highest BCUT2D eigenvalue weighted by Gasteiger charge is 2.16. The highest BCUT2D eigenvalue weighted by molar-refractivity contribution is 5.78. The quantitative estimate of drug-likeness (QED) is 0.661. The van der Waals surface area contributed by atoms with Crippen molar-refractivity contribution in [2.45, 2.75) is 19.4 Å². The topological polar surface area (TPSA) is 73.5 Å². The molecule has 128 valence electrons. The SMILES string of the molecule is CC(Cc1cc(-c2ccccc2)n[nH]1)N=C(N)N1CCN(C)CC1. The lowest BCUT2D eigenvalue weighted by Crippen LogP contribution is -2.50. The zero-order chi connectivity index (χ0) is 16.9. The molecule has 1 unspecified atom stereocenters. The third-order valence-electron chi connectivity index (χ3n) is 4.40. The molecule has 0 amide bonds. The number of rotatable bonds is 4. The molecule has 0 aliphatic carbocycles. The van der Waals surface area contributed by atoms with Gasteiger partial charge in [0, 0.05) is 43.9 Å². The molecule has 0 saturated carbocycles. The Kier molecular flexibility index (Phi) is 5.15. The molecular weight excluding hydrogens is 300 g/mol. The Morgan fingerprint density at radius 1 is 1.25 bits per heavy atom. The van der Waals surface area contributed by atoms with E-state index in [4.69, 9.17) is 5.73 Å². The Morgan fingerprint density at radius 2 is 1.96 bits per heavy atom. The van der Waals surface area contributed by atoms with E-state index in [9.17, 15) is 0 Å². The Balaban J connectivity index is 1.59. The van der Waals surface area contributed by atoms with Crippen LogP contribution in [0.15, 0.2) is 41.4 Å². The van der Waals surface area contributed by atoms with Crippen LogP contribution in [-0.2, 0) is 6.42 Å². The van der Waals surface area contributed by atoms with Crippen LogP contribution < -0.4 is 5.73 Å². The van der Waals surface area contributed by atoms with Crippen molar-refractivity contribution in [1.29, 1.82) is 0 Å². The minimum absolute atomic E-state index is 0.119. The van der Waals surface area contributed by atoms with Gasteiger partial charge in [-0.3, -0.25) is 5.10 Å². The number of nitrogens with one attached hydrogen (secondary N) is 1. The first kappa shape index (κ1) is 16.5. The van der Waals surface area contributed by atoms with E-state index in [1.54, 1.807) is 0 Å². The minimum atomic E-state index is 0.119. The van der Waals surface area contributed by atoms with Crippen molar-refractivity contribution >= 4 is 5.96 Å². The number of likely N-dealkylation sites (N-methyl/N-ethyl adjacent to an activating group) is 1. The molecule has 1 saturated heterocycles. The van der Waals surface area contributed by atoms with Crippen molar-refractivity contribution in [1.82, 2.24) is 20.0 Å². The molecule has 0 bridgehead atoms. The molecule has 2 heterocycles. The zero-order valence-electron chi connectivity index (χ0n) is 14.4. The smallest absolute Gasteiger partial charge is 0.191 e. The molecule has 24 heavy (non-hydrogen) atoms. The van der Waals surface area contributed by atoms with Crippen molar-refractivity contribution in [3.8, 4) is 11.3 Å². The number of hydrogen-bond acceptors (Lipinski definition) is 3. The Hall–Kier alpha value is -2.34. The Morgan fingerprint density at radius 3 is 2.67 bits per heavy atom. The molecule has 1 aliphatic rings. The highest BCUT2D eigenvalue weighted by Crippen LogP contribution is 2.17. The molecule has 1 aliphatic heterocycles. The Labute approximate surface area is 143 Å².